The van der Waals surface area contributed by atoms with Gasteiger partial charge >= 0.3 is 6.03 Å². The summed E-state index contributed by atoms with van der Waals surface area (Å²) >= 11 is 12.4. The third-order valence-corrected chi connectivity index (χ3v) is 4.25. The number of carbonyl (C=O) groups excluding carboxylic acids is 3. The molecule has 1 aliphatic rings. The van der Waals surface area contributed by atoms with Gasteiger partial charge in [-0.25, -0.2) is 4.79 Å². The Labute approximate surface area is 162 Å². The van der Waals surface area contributed by atoms with Gasteiger partial charge in [0.25, 0.3) is 0 Å². The Balaban J connectivity index is 2.17. The van der Waals surface area contributed by atoms with Crippen LogP contribution < -0.4 is 16.0 Å². The van der Waals surface area contributed by atoms with Crippen molar-refractivity contribution in [3.8, 4) is 0 Å². The van der Waals surface area contributed by atoms with Crippen molar-refractivity contribution in [2.24, 2.45) is 20.2 Å². The van der Waals surface area contributed by atoms with Crippen molar-refractivity contribution in [1.29, 1.82) is 0 Å². The number of azo groups is 1. The van der Waals surface area contributed by atoms with Crippen LogP contribution in [0.15, 0.2) is 50.5 Å². The molecular weight excluding hydrogens is 393 g/mol. The largest absolute Gasteiger partial charge is 0.368 e. The summed E-state index contributed by atoms with van der Waals surface area (Å²) in [4.78, 5) is 42.3. The number of carbonyl (C=O) groups is 3. The van der Waals surface area contributed by atoms with Crippen molar-refractivity contribution in [3.63, 3.8) is 0 Å². The maximum Gasteiger partial charge on any atom is 0.368 e. The molecule has 0 radical (unpaired) electrons. The number of amides is 3. The summed E-state index contributed by atoms with van der Waals surface area (Å²) in [6.45, 7) is 1.28. The van der Waals surface area contributed by atoms with Crippen molar-refractivity contribution < 1.29 is 14.4 Å². The van der Waals surface area contributed by atoms with Crippen molar-refractivity contribution >= 4 is 58.0 Å². The number of urea groups is 1. The number of halogens is 2. The first-order valence-corrected chi connectivity index (χ1v) is 8.41. The summed E-state index contributed by atoms with van der Waals surface area (Å²) in [7, 11) is 0. The zero-order chi connectivity index (χ0) is 19.6. The Kier molecular flexibility index (Phi) is 5.38. The smallest absolute Gasteiger partial charge is 0.322 e. The molecule has 10 heteroatoms. The SMILES string of the molecule is CC(=O)CC(=O)Nc1c(N=Nc2ccccc2)c(Cl)c(Cl)c2c1=NC(=O)N=2. The molecule has 27 heavy (non-hydrogen) atoms. The predicted molar refractivity (Wildman–Crippen MR) is 98.7 cm³/mol. The molecule has 2 aromatic carbocycles. The van der Waals surface area contributed by atoms with E-state index >= 15 is 0 Å². The molecule has 0 spiro atoms. The Bertz CT molecular complexity index is 1110. The lowest BCUT2D eigenvalue weighted by atomic mass is 10.2. The normalized spacial score (nSPS) is 12.5. The molecule has 3 rings (SSSR count). The number of anilines is 1. The van der Waals surface area contributed by atoms with Crippen LogP contribution in [0.25, 0.3) is 0 Å². The average molecular weight is 404 g/mol. The van der Waals surface area contributed by atoms with E-state index < -0.39 is 11.9 Å². The molecule has 1 N–H and O–H groups in total. The molecule has 0 aromatic heterocycles. The minimum Gasteiger partial charge on any atom is -0.322 e. The highest BCUT2D eigenvalue weighted by atomic mass is 35.5. The number of fused-ring (bicyclic) bond motifs is 1. The maximum atomic E-state index is 12.1. The number of hydrogen-bond donors (Lipinski definition) is 1. The average Bonchev–Trinajstić information content (AvgIpc) is 3.01. The van der Waals surface area contributed by atoms with Crippen molar-refractivity contribution in [2.45, 2.75) is 13.3 Å². The maximum absolute atomic E-state index is 12.1. The third-order valence-electron chi connectivity index (χ3n) is 3.42. The molecular formula is C17H11Cl2N5O3. The molecule has 0 atom stereocenters. The zero-order valence-electron chi connectivity index (χ0n) is 13.9. The van der Waals surface area contributed by atoms with Crippen LogP contribution in [0.3, 0.4) is 0 Å². The van der Waals surface area contributed by atoms with Crippen LogP contribution in [0, 0.1) is 0 Å². The second kappa shape index (κ2) is 7.73. The van der Waals surface area contributed by atoms with Crippen LogP contribution >= 0.6 is 23.2 Å². The summed E-state index contributed by atoms with van der Waals surface area (Å²) in [5, 5.41) is 10.6. The highest BCUT2D eigenvalue weighted by molar-refractivity contribution is 6.44. The van der Waals surface area contributed by atoms with Gasteiger partial charge < -0.3 is 5.32 Å². The molecule has 0 aliphatic carbocycles. The molecule has 1 heterocycles. The fourth-order valence-corrected chi connectivity index (χ4v) is 2.75. The predicted octanol–water partition coefficient (Wildman–Crippen LogP) is 3.70. The number of benzene rings is 2. The molecule has 136 valence electrons. The highest BCUT2D eigenvalue weighted by Crippen LogP contribution is 2.36. The highest BCUT2D eigenvalue weighted by Gasteiger charge is 2.23. The number of rotatable bonds is 5. The van der Waals surface area contributed by atoms with Gasteiger partial charge in [-0.1, -0.05) is 41.4 Å². The first kappa shape index (κ1) is 18.8. The standard InChI is InChI=1S/C17H11Cl2N5O3/c1-8(25)7-10(26)20-16-14(24-23-9-5-3-2-4-6-9)12(19)11(18)13-15(16)22-17(27)21-13/h2-6H,7H2,1H3,(H,20,26). The van der Waals surface area contributed by atoms with Crippen molar-refractivity contribution in [1.82, 2.24) is 0 Å². The van der Waals surface area contributed by atoms with Gasteiger partial charge in [0, 0.05) is 0 Å². The number of ketones is 1. The fraction of sp³-hybridized carbons (Fsp3) is 0.118. The summed E-state index contributed by atoms with van der Waals surface area (Å²) in [5.41, 5.74) is 0.554. The fourth-order valence-electron chi connectivity index (χ4n) is 2.30. The lowest BCUT2D eigenvalue weighted by Crippen LogP contribution is -2.30. The second-order valence-corrected chi connectivity index (χ2v) is 6.27. The van der Waals surface area contributed by atoms with Crippen molar-refractivity contribution in [3.05, 3.63) is 51.1 Å². The van der Waals surface area contributed by atoms with Gasteiger partial charge in [-0.2, -0.15) is 15.1 Å². The number of hydrogen-bond acceptors (Lipinski definition) is 5. The van der Waals surface area contributed by atoms with E-state index in [1.165, 1.54) is 6.92 Å². The minimum absolute atomic E-state index is 0.00909. The first-order valence-electron chi connectivity index (χ1n) is 7.65. The third kappa shape index (κ3) is 4.07. The molecule has 0 saturated carbocycles. The molecule has 0 fully saturated rings. The van der Waals surface area contributed by atoms with Gasteiger partial charge in [0.15, 0.2) is 0 Å². The number of Topliss-reactive ketones (excluding diaryl/α,β-unsaturated/α-hetero) is 1. The number of nitrogens with zero attached hydrogens (tertiary/aromatic N) is 4. The van der Waals surface area contributed by atoms with Crippen molar-refractivity contribution in [2.75, 3.05) is 5.32 Å². The van der Waals surface area contributed by atoms with E-state index in [9.17, 15) is 14.4 Å². The minimum atomic E-state index is -0.790. The second-order valence-electron chi connectivity index (χ2n) is 5.52. The molecule has 2 aromatic rings. The lowest BCUT2D eigenvalue weighted by Gasteiger charge is -2.09. The summed E-state index contributed by atoms with van der Waals surface area (Å²) in [6.07, 6.45) is -0.366. The van der Waals surface area contributed by atoms with Gasteiger partial charge in [0.1, 0.15) is 22.2 Å². The number of nitrogens with one attached hydrogen (secondary N) is 1. The van der Waals surface area contributed by atoms with Crippen LogP contribution in [0.5, 0.6) is 0 Å². The molecule has 3 amide bonds. The van der Waals surface area contributed by atoms with E-state index in [0.717, 1.165) is 0 Å². The Morgan fingerprint density at radius 2 is 1.70 bits per heavy atom. The van der Waals surface area contributed by atoms with Crippen LogP contribution in [-0.2, 0) is 9.59 Å². The summed E-state index contributed by atoms with van der Waals surface area (Å²) in [6, 6.07) is 8.00. The molecule has 8 nitrogen and oxygen atoms in total. The Hall–Kier alpha value is -2.97. The van der Waals surface area contributed by atoms with Gasteiger partial charge in [0.05, 0.1) is 27.8 Å². The Morgan fingerprint density at radius 1 is 1.04 bits per heavy atom. The van der Waals surface area contributed by atoms with E-state index in [4.69, 9.17) is 23.2 Å². The van der Waals surface area contributed by atoms with E-state index in [1.807, 2.05) is 6.07 Å². The molecule has 0 bridgehead atoms. The monoisotopic (exact) mass is 403 g/mol. The summed E-state index contributed by atoms with van der Waals surface area (Å²) in [5.74, 6) is -0.955. The van der Waals surface area contributed by atoms with Gasteiger partial charge in [-0.3, -0.25) is 9.59 Å². The van der Waals surface area contributed by atoms with Crippen LogP contribution in [0.2, 0.25) is 10.0 Å². The zero-order valence-corrected chi connectivity index (χ0v) is 15.4. The molecule has 1 aliphatic heterocycles. The Morgan fingerprint density at radius 3 is 2.37 bits per heavy atom. The van der Waals surface area contributed by atoms with E-state index in [-0.39, 0.29) is 44.3 Å². The summed E-state index contributed by atoms with van der Waals surface area (Å²) < 4.78 is 0. The molecule has 0 unspecified atom stereocenters. The van der Waals surface area contributed by atoms with Gasteiger partial charge in [-0.05, 0) is 19.1 Å². The van der Waals surface area contributed by atoms with E-state index in [2.05, 4.69) is 25.5 Å². The van der Waals surface area contributed by atoms with Gasteiger partial charge in [0.2, 0.25) is 5.91 Å². The van der Waals surface area contributed by atoms with E-state index in [0.29, 0.717) is 5.69 Å². The van der Waals surface area contributed by atoms with Crippen LogP contribution in [0.1, 0.15) is 13.3 Å². The first-order chi connectivity index (χ1) is 12.9. The molecule has 0 saturated heterocycles. The van der Waals surface area contributed by atoms with Crippen LogP contribution in [-0.4, -0.2) is 17.7 Å². The lowest BCUT2D eigenvalue weighted by molar-refractivity contribution is -0.124. The topological polar surface area (TPSA) is 113 Å². The van der Waals surface area contributed by atoms with Gasteiger partial charge in [-0.15, -0.1) is 5.11 Å². The quantitative estimate of drug-likeness (QED) is 0.606. The van der Waals surface area contributed by atoms with Crippen LogP contribution in [0.4, 0.5) is 21.9 Å². The van der Waals surface area contributed by atoms with E-state index in [1.54, 1.807) is 24.3 Å².